The smallest absolute Gasteiger partial charge is 0.417 e. The zero-order valence-corrected chi connectivity index (χ0v) is 11.3. The normalized spacial score (nSPS) is 11.6. The highest BCUT2D eigenvalue weighted by atomic mass is 79.9. The van der Waals surface area contributed by atoms with Crippen molar-refractivity contribution in [2.24, 2.45) is 0 Å². The van der Waals surface area contributed by atoms with Crippen molar-refractivity contribution in [2.75, 3.05) is 5.32 Å². The van der Waals surface area contributed by atoms with Gasteiger partial charge in [0.05, 0.1) is 12.1 Å². The Labute approximate surface area is 115 Å². The lowest BCUT2D eigenvalue weighted by Gasteiger charge is -2.11. The van der Waals surface area contributed by atoms with Crippen LogP contribution in [0.4, 0.5) is 18.9 Å². The number of nitrogens with zero attached hydrogens (tertiary/aromatic N) is 2. The minimum absolute atomic E-state index is 0.000755. The van der Waals surface area contributed by atoms with E-state index in [1.165, 1.54) is 12.1 Å². The average molecular weight is 336 g/mol. The first-order valence-corrected chi connectivity index (χ1v) is 6.05. The molecule has 1 aromatic heterocycles. The summed E-state index contributed by atoms with van der Waals surface area (Å²) in [5.41, 5.74) is -0.411. The minimum Gasteiger partial charge on any atom is -0.424 e. The van der Waals surface area contributed by atoms with Gasteiger partial charge in [-0.15, -0.1) is 10.2 Å². The van der Waals surface area contributed by atoms with E-state index in [9.17, 15) is 13.2 Å². The number of hydrogen-bond acceptors (Lipinski definition) is 4. The van der Waals surface area contributed by atoms with Gasteiger partial charge in [-0.3, -0.25) is 0 Å². The number of benzene rings is 1. The van der Waals surface area contributed by atoms with E-state index < -0.39 is 11.7 Å². The molecule has 0 saturated carbocycles. The second kappa shape index (κ2) is 5.20. The monoisotopic (exact) mass is 335 g/mol. The molecule has 2 rings (SSSR count). The predicted molar refractivity (Wildman–Crippen MR) is 65.5 cm³/mol. The number of nitrogens with one attached hydrogen (secondary N) is 1. The Bertz CT molecular complexity index is 583. The molecule has 0 atom stereocenters. The van der Waals surface area contributed by atoms with Gasteiger partial charge in [0, 0.05) is 17.1 Å². The van der Waals surface area contributed by atoms with Crippen LogP contribution in [0.25, 0.3) is 0 Å². The van der Waals surface area contributed by atoms with E-state index in [0.29, 0.717) is 17.5 Å². The van der Waals surface area contributed by atoms with Crippen molar-refractivity contribution in [3.63, 3.8) is 0 Å². The summed E-state index contributed by atoms with van der Waals surface area (Å²) in [7, 11) is 0. The second-order valence-electron chi connectivity index (χ2n) is 3.76. The molecular weight excluding hydrogens is 327 g/mol. The van der Waals surface area contributed by atoms with Crippen LogP contribution < -0.4 is 5.32 Å². The third kappa shape index (κ3) is 3.46. The van der Waals surface area contributed by atoms with Crippen molar-refractivity contribution >= 4 is 21.6 Å². The molecule has 0 aliphatic carbocycles. The quantitative estimate of drug-likeness (QED) is 0.927. The SMILES string of the molecule is Cc1nnc(CNc2ccc(Br)c(C(F)(F)F)c2)o1. The highest BCUT2D eigenvalue weighted by molar-refractivity contribution is 9.10. The fourth-order valence-electron chi connectivity index (χ4n) is 1.44. The molecule has 19 heavy (non-hydrogen) atoms. The van der Waals surface area contributed by atoms with Crippen LogP contribution in [-0.2, 0) is 12.7 Å². The number of hydrogen-bond donors (Lipinski definition) is 1. The van der Waals surface area contributed by atoms with Crippen molar-refractivity contribution < 1.29 is 17.6 Å². The molecule has 1 aromatic carbocycles. The van der Waals surface area contributed by atoms with Crippen LogP contribution >= 0.6 is 15.9 Å². The van der Waals surface area contributed by atoms with Gasteiger partial charge in [-0.1, -0.05) is 15.9 Å². The molecular formula is C11H9BrF3N3O. The third-order valence-corrected chi connectivity index (χ3v) is 2.97. The first-order chi connectivity index (χ1) is 8.86. The van der Waals surface area contributed by atoms with Gasteiger partial charge in [0.15, 0.2) is 0 Å². The highest BCUT2D eigenvalue weighted by Crippen LogP contribution is 2.36. The van der Waals surface area contributed by atoms with Crippen molar-refractivity contribution in [3.05, 3.63) is 40.0 Å². The highest BCUT2D eigenvalue weighted by Gasteiger charge is 2.33. The van der Waals surface area contributed by atoms with Gasteiger partial charge in [-0.25, -0.2) is 0 Å². The van der Waals surface area contributed by atoms with E-state index >= 15 is 0 Å². The van der Waals surface area contributed by atoms with Crippen molar-refractivity contribution in [1.82, 2.24) is 10.2 Å². The van der Waals surface area contributed by atoms with Gasteiger partial charge in [0.1, 0.15) is 0 Å². The van der Waals surface area contributed by atoms with Crippen molar-refractivity contribution in [3.8, 4) is 0 Å². The maximum absolute atomic E-state index is 12.7. The molecule has 0 spiro atoms. The van der Waals surface area contributed by atoms with Gasteiger partial charge < -0.3 is 9.73 Å². The minimum atomic E-state index is -4.41. The van der Waals surface area contributed by atoms with Crippen molar-refractivity contribution in [2.45, 2.75) is 19.6 Å². The number of aryl methyl sites for hydroxylation is 1. The summed E-state index contributed by atoms with van der Waals surface area (Å²) in [4.78, 5) is 0. The van der Waals surface area contributed by atoms with Gasteiger partial charge in [0.25, 0.3) is 0 Å². The summed E-state index contributed by atoms with van der Waals surface area (Å²) in [6.07, 6.45) is -4.41. The number of anilines is 1. The van der Waals surface area contributed by atoms with Gasteiger partial charge in [-0.05, 0) is 18.2 Å². The standard InChI is InChI=1S/C11H9BrF3N3O/c1-6-17-18-10(19-6)5-16-7-2-3-9(12)8(4-7)11(13,14)15/h2-4,16H,5H2,1H3. The molecule has 8 heteroatoms. The molecule has 0 fully saturated rings. The molecule has 0 aliphatic rings. The average Bonchev–Trinajstić information content (AvgIpc) is 2.72. The second-order valence-corrected chi connectivity index (χ2v) is 4.62. The first-order valence-electron chi connectivity index (χ1n) is 5.26. The lowest BCUT2D eigenvalue weighted by atomic mass is 10.2. The molecule has 0 bridgehead atoms. The molecule has 0 radical (unpaired) electrons. The van der Waals surface area contributed by atoms with Crippen LogP contribution in [0.1, 0.15) is 17.3 Å². The van der Waals surface area contributed by atoms with E-state index in [0.717, 1.165) is 6.07 Å². The molecule has 0 aliphatic heterocycles. The molecule has 1 N–H and O–H groups in total. The Morgan fingerprint density at radius 3 is 2.63 bits per heavy atom. The number of halogens is 4. The van der Waals surface area contributed by atoms with Crippen LogP contribution in [0.5, 0.6) is 0 Å². The molecule has 0 unspecified atom stereocenters. The Hall–Kier alpha value is -1.57. The summed E-state index contributed by atoms with van der Waals surface area (Å²) in [5, 5.41) is 10.2. The summed E-state index contributed by atoms with van der Waals surface area (Å²) in [6, 6.07) is 3.89. The van der Waals surface area contributed by atoms with Crippen LogP contribution in [0, 0.1) is 6.92 Å². The Kier molecular flexibility index (Phi) is 3.79. The molecule has 4 nitrogen and oxygen atoms in total. The fourth-order valence-corrected chi connectivity index (χ4v) is 1.91. The molecule has 2 aromatic rings. The number of aromatic nitrogens is 2. The van der Waals surface area contributed by atoms with E-state index in [1.807, 2.05) is 0 Å². The van der Waals surface area contributed by atoms with Crippen molar-refractivity contribution in [1.29, 1.82) is 0 Å². The maximum atomic E-state index is 12.7. The maximum Gasteiger partial charge on any atom is 0.417 e. The van der Waals surface area contributed by atoms with E-state index in [-0.39, 0.29) is 11.0 Å². The van der Waals surface area contributed by atoms with Gasteiger partial charge >= 0.3 is 6.18 Å². The number of rotatable bonds is 3. The summed E-state index contributed by atoms with van der Waals surface area (Å²) >= 11 is 2.88. The van der Waals surface area contributed by atoms with E-state index in [2.05, 4.69) is 31.4 Å². The summed E-state index contributed by atoms with van der Waals surface area (Å²) in [6.45, 7) is 1.80. The topological polar surface area (TPSA) is 51.0 Å². The van der Waals surface area contributed by atoms with E-state index in [1.54, 1.807) is 6.92 Å². The predicted octanol–water partition coefficient (Wildman–Crippen LogP) is 3.77. The first kappa shape index (κ1) is 13.9. The molecule has 0 saturated heterocycles. The molecule has 0 amide bonds. The number of alkyl halides is 3. The Balaban J connectivity index is 2.13. The van der Waals surface area contributed by atoms with E-state index in [4.69, 9.17) is 4.42 Å². The lowest BCUT2D eigenvalue weighted by Crippen LogP contribution is -2.07. The third-order valence-electron chi connectivity index (χ3n) is 2.28. The summed E-state index contributed by atoms with van der Waals surface area (Å²) in [5.74, 6) is 0.720. The van der Waals surface area contributed by atoms with Crippen LogP contribution in [0.3, 0.4) is 0 Å². The fraction of sp³-hybridized carbons (Fsp3) is 0.273. The summed E-state index contributed by atoms with van der Waals surface area (Å²) < 4.78 is 43.2. The lowest BCUT2D eigenvalue weighted by molar-refractivity contribution is -0.138. The van der Waals surface area contributed by atoms with Crippen LogP contribution in [-0.4, -0.2) is 10.2 Å². The largest absolute Gasteiger partial charge is 0.424 e. The zero-order valence-electron chi connectivity index (χ0n) is 9.75. The van der Waals surface area contributed by atoms with Crippen LogP contribution in [0.15, 0.2) is 27.1 Å². The van der Waals surface area contributed by atoms with Gasteiger partial charge in [0.2, 0.25) is 11.8 Å². The Morgan fingerprint density at radius 2 is 2.05 bits per heavy atom. The molecule has 102 valence electrons. The van der Waals surface area contributed by atoms with Gasteiger partial charge in [-0.2, -0.15) is 13.2 Å². The molecule has 1 heterocycles. The van der Waals surface area contributed by atoms with Crippen LogP contribution in [0.2, 0.25) is 0 Å². The zero-order chi connectivity index (χ0) is 14.0. The Morgan fingerprint density at radius 1 is 1.32 bits per heavy atom.